The molecule has 1 N–H and O–H groups in total. The molecule has 0 aromatic heterocycles. The standard InChI is InChI=1S/C23H20BrNO3/c24-20-11-12-22(19(14-20)15-26)28-16-23(27)25-21(18-9-5-2-6-10-18)13-17-7-3-1-4-8-17/h1-12,14-15,21H,13,16H2,(H,25,27). The number of benzene rings is 3. The van der Waals surface area contributed by atoms with Crippen LogP contribution in [0.1, 0.15) is 27.5 Å². The Morgan fingerprint density at radius 3 is 2.36 bits per heavy atom. The number of hydrogen-bond acceptors (Lipinski definition) is 3. The molecule has 0 aliphatic rings. The zero-order valence-corrected chi connectivity index (χ0v) is 16.8. The fraction of sp³-hybridized carbons (Fsp3) is 0.130. The number of aldehydes is 1. The highest BCUT2D eigenvalue weighted by Crippen LogP contribution is 2.22. The van der Waals surface area contributed by atoms with Gasteiger partial charge in [-0.1, -0.05) is 76.6 Å². The first-order valence-electron chi connectivity index (χ1n) is 8.91. The van der Waals surface area contributed by atoms with E-state index in [0.29, 0.717) is 24.0 Å². The van der Waals surface area contributed by atoms with Crippen LogP contribution in [-0.4, -0.2) is 18.8 Å². The van der Waals surface area contributed by atoms with Crippen molar-refractivity contribution in [1.29, 1.82) is 0 Å². The molecule has 0 radical (unpaired) electrons. The van der Waals surface area contributed by atoms with Crippen molar-refractivity contribution in [2.75, 3.05) is 6.61 Å². The molecular weight excluding hydrogens is 418 g/mol. The SMILES string of the molecule is O=Cc1cc(Br)ccc1OCC(=O)NC(Cc1ccccc1)c1ccccc1. The highest BCUT2D eigenvalue weighted by molar-refractivity contribution is 9.10. The molecule has 0 fully saturated rings. The number of halogens is 1. The van der Waals surface area contributed by atoms with Gasteiger partial charge >= 0.3 is 0 Å². The third-order valence-corrected chi connectivity index (χ3v) is 4.77. The Morgan fingerprint density at radius 1 is 1.00 bits per heavy atom. The molecule has 0 aliphatic carbocycles. The van der Waals surface area contributed by atoms with Crippen molar-refractivity contribution < 1.29 is 14.3 Å². The Labute approximate surface area is 172 Å². The van der Waals surface area contributed by atoms with E-state index in [0.717, 1.165) is 15.6 Å². The second-order valence-corrected chi connectivity index (χ2v) is 7.22. The molecule has 28 heavy (non-hydrogen) atoms. The van der Waals surface area contributed by atoms with Gasteiger partial charge in [0, 0.05) is 4.47 Å². The summed E-state index contributed by atoms with van der Waals surface area (Å²) in [6.45, 7) is -0.166. The van der Waals surface area contributed by atoms with E-state index in [1.165, 1.54) is 0 Å². The Morgan fingerprint density at radius 2 is 1.68 bits per heavy atom. The first-order valence-corrected chi connectivity index (χ1v) is 9.71. The Bertz CT molecular complexity index is 929. The monoisotopic (exact) mass is 437 g/mol. The normalized spacial score (nSPS) is 11.5. The van der Waals surface area contributed by atoms with Gasteiger partial charge in [-0.05, 0) is 35.7 Å². The fourth-order valence-corrected chi connectivity index (χ4v) is 3.29. The Balaban J connectivity index is 1.68. The lowest BCUT2D eigenvalue weighted by molar-refractivity contribution is -0.123. The van der Waals surface area contributed by atoms with Crippen LogP contribution in [0, 0.1) is 0 Å². The quantitative estimate of drug-likeness (QED) is 0.517. The summed E-state index contributed by atoms with van der Waals surface area (Å²) in [5.41, 5.74) is 2.55. The van der Waals surface area contributed by atoms with Crippen molar-refractivity contribution >= 4 is 28.1 Å². The van der Waals surface area contributed by atoms with Gasteiger partial charge in [-0.2, -0.15) is 0 Å². The number of nitrogens with one attached hydrogen (secondary N) is 1. The van der Waals surface area contributed by atoms with Crippen LogP contribution in [0.4, 0.5) is 0 Å². The second kappa shape index (κ2) is 9.85. The van der Waals surface area contributed by atoms with Crippen molar-refractivity contribution in [2.45, 2.75) is 12.5 Å². The van der Waals surface area contributed by atoms with E-state index in [1.807, 2.05) is 60.7 Å². The van der Waals surface area contributed by atoms with Crippen molar-refractivity contribution in [3.63, 3.8) is 0 Å². The predicted octanol–water partition coefficient (Wildman–Crippen LogP) is 4.74. The molecule has 0 heterocycles. The fourth-order valence-electron chi connectivity index (χ4n) is 2.91. The second-order valence-electron chi connectivity index (χ2n) is 6.31. The minimum Gasteiger partial charge on any atom is -0.483 e. The molecule has 0 bridgehead atoms. The van der Waals surface area contributed by atoms with Crippen LogP contribution in [0.15, 0.2) is 83.3 Å². The predicted molar refractivity (Wildman–Crippen MR) is 112 cm³/mol. The summed E-state index contributed by atoms with van der Waals surface area (Å²) in [5, 5.41) is 3.04. The van der Waals surface area contributed by atoms with Crippen LogP contribution in [-0.2, 0) is 11.2 Å². The van der Waals surface area contributed by atoms with Crippen LogP contribution in [0.5, 0.6) is 5.75 Å². The molecule has 1 unspecified atom stereocenters. The van der Waals surface area contributed by atoms with Gasteiger partial charge < -0.3 is 10.1 Å². The van der Waals surface area contributed by atoms with Gasteiger partial charge in [-0.15, -0.1) is 0 Å². The number of ether oxygens (including phenoxy) is 1. The molecule has 0 aliphatic heterocycles. The Kier molecular flexibility index (Phi) is 6.98. The molecule has 3 aromatic carbocycles. The van der Waals surface area contributed by atoms with E-state index < -0.39 is 0 Å². The number of hydrogen-bond donors (Lipinski definition) is 1. The number of carbonyl (C=O) groups excluding carboxylic acids is 2. The molecular formula is C23H20BrNO3. The van der Waals surface area contributed by atoms with Crippen LogP contribution < -0.4 is 10.1 Å². The average molecular weight is 438 g/mol. The molecule has 0 saturated heterocycles. The molecule has 142 valence electrons. The first-order chi connectivity index (χ1) is 13.7. The van der Waals surface area contributed by atoms with Crippen molar-refractivity contribution in [3.8, 4) is 5.75 Å². The molecule has 4 nitrogen and oxygen atoms in total. The molecule has 3 aromatic rings. The molecule has 5 heteroatoms. The lowest BCUT2D eigenvalue weighted by atomic mass is 9.99. The smallest absolute Gasteiger partial charge is 0.258 e. The van der Waals surface area contributed by atoms with Crippen molar-refractivity contribution in [3.05, 3.63) is 100 Å². The van der Waals surface area contributed by atoms with Gasteiger partial charge in [0.05, 0.1) is 11.6 Å². The van der Waals surface area contributed by atoms with Crippen molar-refractivity contribution in [2.24, 2.45) is 0 Å². The third-order valence-electron chi connectivity index (χ3n) is 4.28. The van der Waals surface area contributed by atoms with Crippen LogP contribution in [0.25, 0.3) is 0 Å². The maximum Gasteiger partial charge on any atom is 0.258 e. The summed E-state index contributed by atoms with van der Waals surface area (Å²) in [6, 6.07) is 24.8. The number of carbonyl (C=O) groups is 2. The van der Waals surface area contributed by atoms with Gasteiger partial charge in [-0.3, -0.25) is 9.59 Å². The van der Waals surface area contributed by atoms with Gasteiger partial charge in [0.25, 0.3) is 5.91 Å². The van der Waals surface area contributed by atoms with Gasteiger partial charge in [0.15, 0.2) is 12.9 Å². The zero-order valence-electron chi connectivity index (χ0n) is 15.2. The topological polar surface area (TPSA) is 55.4 Å². The first kappa shape index (κ1) is 19.8. The van der Waals surface area contributed by atoms with E-state index in [9.17, 15) is 9.59 Å². The largest absolute Gasteiger partial charge is 0.483 e. The zero-order chi connectivity index (χ0) is 19.8. The molecule has 0 saturated carbocycles. The van der Waals surface area contributed by atoms with E-state index >= 15 is 0 Å². The highest BCUT2D eigenvalue weighted by Gasteiger charge is 2.16. The summed E-state index contributed by atoms with van der Waals surface area (Å²) in [5.74, 6) is 0.136. The minimum absolute atomic E-state index is 0.166. The maximum absolute atomic E-state index is 12.5. The molecule has 3 rings (SSSR count). The van der Waals surface area contributed by atoms with E-state index in [4.69, 9.17) is 4.74 Å². The lowest BCUT2D eigenvalue weighted by Crippen LogP contribution is -2.33. The molecule has 1 atom stereocenters. The lowest BCUT2D eigenvalue weighted by Gasteiger charge is -2.20. The summed E-state index contributed by atoms with van der Waals surface area (Å²) in [7, 11) is 0. The van der Waals surface area contributed by atoms with Gasteiger partial charge in [0.1, 0.15) is 5.75 Å². The maximum atomic E-state index is 12.5. The van der Waals surface area contributed by atoms with Gasteiger partial charge in [0.2, 0.25) is 0 Å². The summed E-state index contributed by atoms with van der Waals surface area (Å²) in [6.07, 6.45) is 1.38. The number of rotatable bonds is 8. The van der Waals surface area contributed by atoms with Crippen molar-refractivity contribution in [1.82, 2.24) is 5.32 Å². The summed E-state index contributed by atoms with van der Waals surface area (Å²) < 4.78 is 6.34. The minimum atomic E-state index is -0.246. The van der Waals surface area contributed by atoms with E-state index in [1.54, 1.807) is 18.2 Å². The third kappa shape index (κ3) is 5.54. The average Bonchev–Trinajstić information content (AvgIpc) is 2.73. The molecule has 1 amide bonds. The van der Waals surface area contributed by atoms with Crippen LogP contribution >= 0.6 is 15.9 Å². The molecule has 0 spiro atoms. The summed E-state index contributed by atoms with van der Waals surface area (Å²) in [4.78, 5) is 23.7. The van der Waals surface area contributed by atoms with E-state index in [2.05, 4.69) is 21.2 Å². The highest BCUT2D eigenvalue weighted by atomic mass is 79.9. The van der Waals surface area contributed by atoms with Crippen LogP contribution in [0.2, 0.25) is 0 Å². The van der Waals surface area contributed by atoms with Crippen LogP contribution in [0.3, 0.4) is 0 Å². The Hall–Kier alpha value is -2.92. The number of amides is 1. The van der Waals surface area contributed by atoms with Gasteiger partial charge in [-0.25, -0.2) is 0 Å². The van der Waals surface area contributed by atoms with E-state index in [-0.39, 0.29) is 18.6 Å². The summed E-state index contributed by atoms with van der Waals surface area (Å²) >= 11 is 3.31.